The molecule has 2 aliphatic rings. The summed E-state index contributed by atoms with van der Waals surface area (Å²) in [5.74, 6) is -0.239. The highest BCUT2D eigenvalue weighted by Crippen LogP contribution is 2.16. The summed E-state index contributed by atoms with van der Waals surface area (Å²) in [6, 6.07) is 0.0195. The molecule has 1 saturated heterocycles. The Hall–Kier alpha value is -1.66. The van der Waals surface area contributed by atoms with Crippen LogP contribution in [0.15, 0.2) is 28.9 Å². The fourth-order valence-corrected chi connectivity index (χ4v) is 2.27. The monoisotopic (exact) mass is 265 g/mol. The first-order valence-electron chi connectivity index (χ1n) is 6.32. The van der Waals surface area contributed by atoms with Crippen molar-refractivity contribution in [3.05, 3.63) is 23.9 Å². The zero-order valence-corrected chi connectivity index (χ0v) is 11.0. The number of nitrogens with zero attached hydrogens (tertiary/aromatic N) is 2. The third-order valence-electron chi connectivity index (χ3n) is 3.46. The van der Waals surface area contributed by atoms with E-state index in [-0.39, 0.29) is 12.1 Å². The molecule has 0 bridgehead atoms. The lowest BCUT2D eigenvalue weighted by molar-refractivity contribution is -0.132. The van der Waals surface area contributed by atoms with Gasteiger partial charge in [-0.05, 0) is 18.9 Å². The van der Waals surface area contributed by atoms with E-state index in [4.69, 9.17) is 15.6 Å². The van der Waals surface area contributed by atoms with Gasteiger partial charge < -0.3 is 20.5 Å². The summed E-state index contributed by atoms with van der Waals surface area (Å²) in [5, 5.41) is 9.10. The fourth-order valence-electron chi connectivity index (χ4n) is 2.27. The van der Waals surface area contributed by atoms with E-state index in [9.17, 15) is 4.79 Å². The minimum Gasteiger partial charge on any atom is -0.478 e. The fraction of sp³-hybridized carbons (Fsp3) is 0.538. The predicted octanol–water partition coefficient (Wildman–Crippen LogP) is 0.361. The maximum atomic E-state index is 11.1. The van der Waals surface area contributed by atoms with E-state index in [1.54, 1.807) is 25.5 Å². The molecule has 0 radical (unpaired) electrons. The molecule has 2 aliphatic heterocycles. The summed E-state index contributed by atoms with van der Waals surface area (Å²) in [7, 11) is 1.64. The number of hydrogen-bond acceptors (Lipinski definition) is 5. The largest absolute Gasteiger partial charge is 0.478 e. The number of hydrogen-bond donors (Lipinski definition) is 2. The van der Waals surface area contributed by atoms with Crippen molar-refractivity contribution < 1.29 is 14.6 Å². The Bertz CT molecular complexity index is 442. The Morgan fingerprint density at radius 3 is 3.11 bits per heavy atom. The number of ether oxygens (including phenoxy) is 1. The van der Waals surface area contributed by atoms with Gasteiger partial charge in [0, 0.05) is 38.0 Å². The van der Waals surface area contributed by atoms with Gasteiger partial charge in [-0.2, -0.15) is 0 Å². The molecule has 0 aromatic carbocycles. The number of aliphatic carboxylic acids is 1. The number of piperidine rings is 1. The standard InChI is InChI=1S/C13H19N3O3/c1-19-11-8-16(6-4-10(11)14)12-7-9(13(17)18)3-2-5-15-12/h2,5,7,10-11H,3-4,6,8,14H2,1H3,(H,17,18). The second kappa shape index (κ2) is 5.99. The molecule has 0 amide bonds. The van der Waals surface area contributed by atoms with Crippen LogP contribution in [0.25, 0.3) is 0 Å². The van der Waals surface area contributed by atoms with Crippen LogP contribution >= 0.6 is 0 Å². The first-order chi connectivity index (χ1) is 9.11. The highest BCUT2D eigenvalue weighted by atomic mass is 16.5. The number of amidine groups is 1. The van der Waals surface area contributed by atoms with E-state index in [0.717, 1.165) is 13.0 Å². The van der Waals surface area contributed by atoms with Crippen LogP contribution in [0.1, 0.15) is 12.8 Å². The molecule has 1 fully saturated rings. The average Bonchev–Trinajstić information content (AvgIpc) is 2.65. The van der Waals surface area contributed by atoms with E-state index in [1.165, 1.54) is 0 Å². The summed E-state index contributed by atoms with van der Waals surface area (Å²) in [4.78, 5) is 17.4. The van der Waals surface area contributed by atoms with Crippen molar-refractivity contribution in [1.29, 1.82) is 0 Å². The van der Waals surface area contributed by atoms with Crippen LogP contribution in [0.2, 0.25) is 0 Å². The molecule has 0 aromatic rings. The number of likely N-dealkylation sites (tertiary alicyclic amines) is 1. The third kappa shape index (κ3) is 3.21. The smallest absolute Gasteiger partial charge is 0.332 e. The van der Waals surface area contributed by atoms with Crippen LogP contribution in [0.3, 0.4) is 0 Å². The molecular formula is C13H19N3O3. The van der Waals surface area contributed by atoms with Crippen molar-refractivity contribution in [2.45, 2.75) is 25.0 Å². The summed E-state index contributed by atoms with van der Waals surface area (Å²) in [6.45, 7) is 1.39. The van der Waals surface area contributed by atoms with Crippen LogP contribution < -0.4 is 5.73 Å². The Morgan fingerprint density at radius 1 is 1.63 bits per heavy atom. The lowest BCUT2D eigenvalue weighted by Gasteiger charge is -2.37. The van der Waals surface area contributed by atoms with E-state index in [2.05, 4.69) is 4.99 Å². The van der Waals surface area contributed by atoms with Crippen LogP contribution in [-0.4, -0.2) is 54.2 Å². The molecule has 19 heavy (non-hydrogen) atoms. The van der Waals surface area contributed by atoms with E-state index >= 15 is 0 Å². The molecule has 6 nitrogen and oxygen atoms in total. The van der Waals surface area contributed by atoms with Gasteiger partial charge in [0.1, 0.15) is 5.84 Å². The highest BCUT2D eigenvalue weighted by molar-refractivity contribution is 6.01. The number of methoxy groups -OCH3 is 1. The van der Waals surface area contributed by atoms with Crippen molar-refractivity contribution in [3.8, 4) is 0 Å². The number of carbonyl (C=O) groups is 1. The van der Waals surface area contributed by atoms with Crippen LogP contribution in [-0.2, 0) is 9.53 Å². The summed E-state index contributed by atoms with van der Waals surface area (Å²) in [5.41, 5.74) is 6.32. The Labute approximate surface area is 112 Å². The maximum Gasteiger partial charge on any atom is 0.332 e. The normalized spacial score (nSPS) is 27.6. The number of allylic oxidation sites excluding steroid dienone is 1. The van der Waals surface area contributed by atoms with E-state index in [1.807, 2.05) is 4.90 Å². The lowest BCUT2D eigenvalue weighted by atomic mass is 10.0. The molecule has 0 saturated carbocycles. The maximum absolute atomic E-state index is 11.1. The zero-order chi connectivity index (χ0) is 13.8. The van der Waals surface area contributed by atoms with Gasteiger partial charge in [-0.15, -0.1) is 0 Å². The quantitative estimate of drug-likeness (QED) is 0.752. The van der Waals surface area contributed by atoms with Gasteiger partial charge in [-0.25, -0.2) is 9.79 Å². The first-order valence-corrected chi connectivity index (χ1v) is 6.32. The van der Waals surface area contributed by atoms with Crippen LogP contribution in [0, 0.1) is 0 Å². The van der Waals surface area contributed by atoms with Crippen LogP contribution in [0.4, 0.5) is 0 Å². The first kappa shape index (κ1) is 13.8. The molecule has 2 atom stereocenters. The van der Waals surface area contributed by atoms with Gasteiger partial charge >= 0.3 is 5.97 Å². The van der Waals surface area contributed by atoms with Crippen molar-refractivity contribution in [1.82, 2.24) is 4.90 Å². The second-order valence-corrected chi connectivity index (χ2v) is 4.72. The number of aliphatic imine (C=N–C) groups is 1. The number of carboxylic acids is 1. The zero-order valence-electron chi connectivity index (χ0n) is 11.0. The molecule has 2 heterocycles. The molecule has 104 valence electrons. The van der Waals surface area contributed by atoms with Crippen molar-refractivity contribution in [2.24, 2.45) is 10.7 Å². The molecule has 2 unspecified atom stereocenters. The minimum absolute atomic E-state index is 0.0195. The highest BCUT2D eigenvalue weighted by Gasteiger charge is 2.28. The predicted molar refractivity (Wildman–Crippen MR) is 71.9 cm³/mol. The van der Waals surface area contributed by atoms with Gasteiger partial charge in [0.15, 0.2) is 0 Å². The lowest BCUT2D eigenvalue weighted by Crippen LogP contribution is -2.52. The number of rotatable bonds is 2. The molecule has 0 spiro atoms. The van der Waals surface area contributed by atoms with Gasteiger partial charge in [0.2, 0.25) is 0 Å². The minimum atomic E-state index is -0.906. The van der Waals surface area contributed by atoms with Crippen molar-refractivity contribution in [2.75, 3.05) is 20.2 Å². The number of nitrogens with two attached hydrogens (primary N) is 1. The average molecular weight is 265 g/mol. The van der Waals surface area contributed by atoms with Gasteiger partial charge in [0.25, 0.3) is 0 Å². The Kier molecular flexibility index (Phi) is 4.34. The SMILES string of the molecule is COC1CN(C2=NC=CCC(C(=O)O)=C2)CCC1N. The molecule has 0 aliphatic carbocycles. The van der Waals surface area contributed by atoms with Crippen LogP contribution in [0.5, 0.6) is 0 Å². The summed E-state index contributed by atoms with van der Waals surface area (Å²) >= 11 is 0. The van der Waals surface area contributed by atoms with Crippen molar-refractivity contribution in [3.63, 3.8) is 0 Å². The third-order valence-corrected chi connectivity index (χ3v) is 3.46. The van der Waals surface area contributed by atoms with Gasteiger partial charge in [0.05, 0.1) is 6.10 Å². The molecule has 3 N–H and O–H groups in total. The van der Waals surface area contributed by atoms with E-state index < -0.39 is 5.97 Å². The second-order valence-electron chi connectivity index (χ2n) is 4.72. The van der Waals surface area contributed by atoms with Crippen molar-refractivity contribution >= 4 is 11.8 Å². The molecule has 0 aromatic heterocycles. The summed E-state index contributed by atoms with van der Waals surface area (Å²) < 4.78 is 5.35. The van der Waals surface area contributed by atoms with Gasteiger partial charge in [-0.3, -0.25) is 0 Å². The number of carboxylic acid groups (broad SMARTS) is 1. The topological polar surface area (TPSA) is 88.1 Å². The molecule has 6 heteroatoms. The Morgan fingerprint density at radius 2 is 2.42 bits per heavy atom. The Balaban J connectivity index is 2.16. The molecule has 2 rings (SSSR count). The van der Waals surface area contributed by atoms with Gasteiger partial charge in [-0.1, -0.05) is 6.08 Å². The molecular weight excluding hydrogens is 246 g/mol. The van der Waals surface area contributed by atoms with E-state index in [0.29, 0.717) is 24.4 Å². The summed E-state index contributed by atoms with van der Waals surface area (Å²) in [6.07, 6.45) is 6.17.